The summed E-state index contributed by atoms with van der Waals surface area (Å²) in [5, 5.41) is 0. The van der Waals surface area contributed by atoms with Crippen molar-refractivity contribution >= 4 is 10.0 Å². The van der Waals surface area contributed by atoms with Crippen LogP contribution in [0, 0.1) is 5.82 Å². The van der Waals surface area contributed by atoms with Crippen LogP contribution in [0.5, 0.6) is 5.75 Å². The Morgan fingerprint density at radius 3 is 2.42 bits per heavy atom. The number of hydrogen-bond donors (Lipinski definition) is 0. The summed E-state index contributed by atoms with van der Waals surface area (Å²) in [5.74, 6) is -0.138. The van der Waals surface area contributed by atoms with Gasteiger partial charge < -0.3 is 9.47 Å². The van der Waals surface area contributed by atoms with Gasteiger partial charge >= 0.3 is 0 Å². The third kappa shape index (κ3) is 3.75. The van der Waals surface area contributed by atoms with E-state index in [1.165, 1.54) is 23.5 Å². The standard InChI is InChI=1S/C19H22FNO4S/c1-24-16-7-9-21(10-8-16)26(22,23)19-6-4-3-5-18(19)14-11-15(20)13-17(12-14)25-2/h3-6,11-13,16H,7-10H2,1-2H3. The highest BCUT2D eigenvalue weighted by molar-refractivity contribution is 7.89. The summed E-state index contributed by atoms with van der Waals surface area (Å²) in [6.45, 7) is 0.809. The Bertz CT molecular complexity index is 877. The van der Waals surface area contributed by atoms with Gasteiger partial charge in [-0.15, -0.1) is 0 Å². The molecule has 0 atom stereocenters. The van der Waals surface area contributed by atoms with Crippen LogP contribution in [0.4, 0.5) is 4.39 Å². The largest absolute Gasteiger partial charge is 0.497 e. The number of sulfonamides is 1. The fourth-order valence-electron chi connectivity index (χ4n) is 3.21. The van der Waals surface area contributed by atoms with Crippen molar-refractivity contribution in [2.45, 2.75) is 23.8 Å². The molecule has 26 heavy (non-hydrogen) atoms. The van der Waals surface area contributed by atoms with Gasteiger partial charge in [0.1, 0.15) is 11.6 Å². The van der Waals surface area contributed by atoms with Gasteiger partial charge in [0, 0.05) is 31.8 Å². The van der Waals surface area contributed by atoms with Crippen molar-refractivity contribution in [1.29, 1.82) is 0 Å². The van der Waals surface area contributed by atoms with Crippen LogP contribution in [0.2, 0.25) is 0 Å². The molecule has 0 amide bonds. The van der Waals surface area contributed by atoms with Crippen LogP contribution in [0.3, 0.4) is 0 Å². The molecule has 140 valence electrons. The molecular weight excluding hydrogens is 357 g/mol. The van der Waals surface area contributed by atoms with Crippen molar-refractivity contribution in [2.24, 2.45) is 0 Å². The van der Waals surface area contributed by atoms with Gasteiger partial charge in [-0.25, -0.2) is 12.8 Å². The summed E-state index contributed by atoms with van der Waals surface area (Å²) in [5.41, 5.74) is 0.923. The molecule has 0 aromatic heterocycles. The van der Waals surface area contributed by atoms with Crippen molar-refractivity contribution in [2.75, 3.05) is 27.3 Å². The highest BCUT2D eigenvalue weighted by atomic mass is 32.2. The first kappa shape index (κ1) is 18.8. The van der Waals surface area contributed by atoms with Crippen molar-refractivity contribution in [1.82, 2.24) is 4.31 Å². The predicted octanol–water partition coefficient (Wildman–Crippen LogP) is 3.30. The summed E-state index contributed by atoms with van der Waals surface area (Å²) in [4.78, 5) is 0.170. The van der Waals surface area contributed by atoms with Gasteiger partial charge in [-0.05, 0) is 36.6 Å². The van der Waals surface area contributed by atoms with Crippen molar-refractivity contribution < 1.29 is 22.3 Å². The molecule has 5 nitrogen and oxygen atoms in total. The van der Waals surface area contributed by atoms with E-state index in [1.54, 1.807) is 37.4 Å². The van der Waals surface area contributed by atoms with Gasteiger partial charge in [-0.1, -0.05) is 18.2 Å². The first-order valence-electron chi connectivity index (χ1n) is 8.42. The third-order valence-corrected chi connectivity index (χ3v) is 6.61. The Labute approximate surface area is 153 Å². The van der Waals surface area contributed by atoms with Crippen LogP contribution in [0.25, 0.3) is 11.1 Å². The molecule has 1 heterocycles. The number of rotatable bonds is 5. The average Bonchev–Trinajstić information content (AvgIpc) is 2.67. The Morgan fingerprint density at radius 1 is 1.08 bits per heavy atom. The van der Waals surface area contributed by atoms with Crippen LogP contribution in [-0.4, -0.2) is 46.1 Å². The van der Waals surface area contributed by atoms with Crippen molar-refractivity contribution in [3.05, 3.63) is 48.3 Å². The normalized spacial score (nSPS) is 16.6. The molecule has 3 rings (SSSR count). The Hall–Kier alpha value is -1.96. The van der Waals surface area contributed by atoms with Gasteiger partial charge in [0.2, 0.25) is 10.0 Å². The van der Waals surface area contributed by atoms with E-state index in [1.807, 2.05) is 0 Å². The van der Waals surface area contributed by atoms with Crippen molar-refractivity contribution in [3.8, 4) is 16.9 Å². The lowest BCUT2D eigenvalue weighted by molar-refractivity contribution is 0.0604. The van der Waals surface area contributed by atoms with Gasteiger partial charge in [-0.3, -0.25) is 0 Å². The molecule has 1 fully saturated rings. The second-order valence-electron chi connectivity index (χ2n) is 6.22. The summed E-state index contributed by atoms with van der Waals surface area (Å²) < 4.78 is 52.2. The number of piperidine rings is 1. The Balaban J connectivity index is 2.01. The fourth-order valence-corrected chi connectivity index (χ4v) is 4.90. The van der Waals surface area contributed by atoms with Gasteiger partial charge in [0.25, 0.3) is 0 Å². The average molecular weight is 379 g/mol. The number of benzene rings is 2. The van der Waals surface area contributed by atoms with Crippen LogP contribution >= 0.6 is 0 Å². The Morgan fingerprint density at radius 2 is 1.77 bits per heavy atom. The zero-order valence-electron chi connectivity index (χ0n) is 14.8. The number of hydrogen-bond acceptors (Lipinski definition) is 4. The third-order valence-electron chi connectivity index (χ3n) is 4.66. The number of halogens is 1. The van der Waals surface area contributed by atoms with Gasteiger partial charge in [0.05, 0.1) is 18.1 Å². The smallest absolute Gasteiger partial charge is 0.243 e. The zero-order chi connectivity index (χ0) is 18.7. The van der Waals surface area contributed by atoms with Crippen molar-refractivity contribution in [3.63, 3.8) is 0 Å². The molecule has 0 N–H and O–H groups in total. The molecule has 0 saturated carbocycles. The lowest BCUT2D eigenvalue weighted by Crippen LogP contribution is -2.40. The SMILES string of the molecule is COc1cc(F)cc(-c2ccccc2S(=O)(=O)N2CCC(OC)CC2)c1. The molecule has 2 aromatic carbocycles. The summed E-state index contributed by atoms with van der Waals surface area (Å²) in [7, 11) is -0.604. The number of methoxy groups -OCH3 is 2. The van der Waals surface area contributed by atoms with E-state index < -0.39 is 15.8 Å². The molecule has 0 aliphatic carbocycles. The van der Waals surface area contributed by atoms with E-state index in [9.17, 15) is 12.8 Å². The number of ether oxygens (including phenoxy) is 2. The molecule has 0 radical (unpaired) electrons. The van der Waals surface area contributed by atoms with E-state index in [2.05, 4.69) is 0 Å². The van der Waals surface area contributed by atoms with E-state index >= 15 is 0 Å². The zero-order valence-corrected chi connectivity index (χ0v) is 15.6. The second kappa shape index (κ2) is 7.73. The topological polar surface area (TPSA) is 55.8 Å². The maximum absolute atomic E-state index is 13.9. The molecule has 7 heteroatoms. The highest BCUT2D eigenvalue weighted by Gasteiger charge is 2.31. The van der Waals surface area contributed by atoms with E-state index in [0.717, 1.165) is 0 Å². The maximum Gasteiger partial charge on any atom is 0.243 e. The molecule has 0 bridgehead atoms. The van der Waals surface area contributed by atoms with Gasteiger partial charge in [0.15, 0.2) is 0 Å². The number of nitrogens with zero attached hydrogens (tertiary/aromatic N) is 1. The van der Waals surface area contributed by atoms with Crippen LogP contribution < -0.4 is 4.74 Å². The first-order chi connectivity index (χ1) is 12.5. The molecular formula is C19H22FNO4S. The van der Waals surface area contributed by atoms with E-state index in [-0.39, 0.29) is 11.0 Å². The summed E-state index contributed by atoms with van der Waals surface area (Å²) in [6.07, 6.45) is 1.40. The second-order valence-corrected chi connectivity index (χ2v) is 8.12. The molecule has 1 saturated heterocycles. The summed E-state index contributed by atoms with van der Waals surface area (Å²) >= 11 is 0. The lowest BCUT2D eigenvalue weighted by Gasteiger charge is -2.31. The first-order valence-corrected chi connectivity index (χ1v) is 9.86. The molecule has 0 spiro atoms. The minimum absolute atomic E-state index is 0.0872. The minimum atomic E-state index is -3.69. The van der Waals surface area contributed by atoms with E-state index in [0.29, 0.717) is 42.8 Å². The van der Waals surface area contributed by atoms with Gasteiger partial charge in [-0.2, -0.15) is 4.31 Å². The minimum Gasteiger partial charge on any atom is -0.497 e. The van der Waals surface area contributed by atoms with Crippen LogP contribution in [0.15, 0.2) is 47.4 Å². The van der Waals surface area contributed by atoms with Crippen LogP contribution in [-0.2, 0) is 14.8 Å². The van der Waals surface area contributed by atoms with E-state index in [4.69, 9.17) is 9.47 Å². The fraction of sp³-hybridized carbons (Fsp3) is 0.368. The Kier molecular flexibility index (Phi) is 5.60. The highest BCUT2D eigenvalue weighted by Crippen LogP contribution is 2.33. The summed E-state index contributed by atoms with van der Waals surface area (Å²) in [6, 6.07) is 10.9. The maximum atomic E-state index is 13.9. The molecule has 1 aliphatic heterocycles. The lowest BCUT2D eigenvalue weighted by atomic mass is 10.1. The molecule has 0 unspecified atom stereocenters. The van der Waals surface area contributed by atoms with Crippen LogP contribution in [0.1, 0.15) is 12.8 Å². The molecule has 2 aromatic rings. The monoisotopic (exact) mass is 379 g/mol. The quantitative estimate of drug-likeness (QED) is 0.800. The molecule has 1 aliphatic rings. The predicted molar refractivity (Wildman–Crippen MR) is 97.2 cm³/mol.